The van der Waals surface area contributed by atoms with Crippen molar-refractivity contribution in [2.45, 2.75) is 76.9 Å². The third-order valence-electron chi connectivity index (χ3n) is 4.99. The highest BCUT2D eigenvalue weighted by molar-refractivity contribution is 5.87. The van der Waals surface area contributed by atoms with Gasteiger partial charge in [0.25, 0.3) is 0 Å². The topological polar surface area (TPSA) is 52.6 Å². The molecule has 1 aliphatic rings. The first kappa shape index (κ1) is 20.2. The standard InChI is InChI=1S/C22H30O4/c1-4-19(25-21(24)17(2)3)16-20(23)26-22(14-10-5-6-11-15-22)18-12-8-7-9-13-18/h7-9,12-13,19H,2,4-6,10-11,14-16H2,1,3H3. The first-order chi connectivity index (χ1) is 12.5. The number of esters is 2. The zero-order chi connectivity index (χ0) is 19.0. The third kappa shape index (κ3) is 5.45. The van der Waals surface area contributed by atoms with Gasteiger partial charge in [-0.3, -0.25) is 4.79 Å². The number of carbonyl (C=O) groups excluding carboxylic acids is 2. The zero-order valence-electron chi connectivity index (χ0n) is 16.0. The fourth-order valence-electron chi connectivity index (χ4n) is 3.46. The molecule has 0 radical (unpaired) electrons. The first-order valence-corrected chi connectivity index (χ1v) is 9.60. The minimum absolute atomic E-state index is 0.0735. The summed E-state index contributed by atoms with van der Waals surface area (Å²) in [5, 5.41) is 0. The highest BCUT2D eigenvalue weighted by Crippen LogP contribution is 2.39. The average molecular weight is 358 g/mol. The van der Waals surface area contributed by atoms with E-state index in [2.05, 4.69) is 6.58 Å². The van der Waals surface area contributed by atoms with Crippen LogP contribution in [0.3, 0.4) is 0 Å². The van der Waals surface area contributed by atoms with E-state index in [-0.39, 0.29) is 12.4 Å². The van der Waals surface area contributed by atoms with Crippen LogP contribution in [-0.2, 0) is 24.7 Å². The molecule has 1 saturated carbocycles. The summed E-state index contributed by atoms with van der Waals surface area (Å²) in [5.41, 5.74) is 0.828. The van der Waals surface area contributed by atoms with Crippen molar-refractivity contribution in [3.8, 4) is 0 Å². The van der Waals surface area contributed by atoms with E-state index in [1.165, 1.54) is 12.8 Å². The van der Waals surface area contributed by atoms with E-state index in [1.54, 1.807) is 6.92 Å². The first-order valence-electron chi connectivity index (χ1n) is 9.60. The lowest BCUT2D eigenvalue weighted by Gasteiger charge is -2.33. The minimum atomic E-state index is -0.564. The molecule has 0 N–H and O–H groups in total. The third-order valence-corrected chi connectivity index (χ3v) is 4.99. The second-order valence-electron chi connectivity index (χ2n) is 7.17. The molecular formula is C22H30O4. The number of hydrogen-bond donors (Lipinski definition) is 0. The van der Waals surface area contributed by atoms with Gasteiger partial charge in [-0.2, -0.15) is 0 Å². The number of benzene rings is 1. The molecule has 1 aliphatic carbocycles. The molecule has 1 fully saturated rings. The summed E-state index contributed by atoms with van der Waals surface area (Å²) >= 11 is 0. The van der Waals surface area contributed by atoms with Gasteiger partial charge in [0.05, 0.1) is 6.42 Å². The highest BCUT2D eigenvalue weighted by Gasteiger charge is 2.37. The normalized spacial score (nSPS) is 17.6. The molecule has 1 atom stereocenters. The number of rotatable bonds is 7. The smallest absolute Gasteiger partial charge is 0.333 e. The monoisotopic (exact) mass is 358 g/mol. The van der Waals surface area contributed by atoms with Crippen LogP contribution in [0.1, 0.15) is 70.8 Å². The van der Waals surface area contributed by atoms with Crippen molar-refractivity contribution in [3.05, 3.63) is 48.0 Å². The van der Waals surface area contributed by atoms with Crippen molar-refractivity contribution in [2.75, 3.05) is 0 Å². The molecule has 26 heavy (non-hydrogen) atoms. The number of ether oxygens (including phenoxy) is 2. The molecule has 0 amide bonds. The summed E-state index contributed by atoms with van der Waals surface area (Å²) in [6.07, 6.45) is 6.26. The summed E-state index contributed by atoms with van der Waals surface area (Å²) < 4.78 is 11.4. The van der Waals surface area contributed by atoms with Crippen molar-refractivity contribution in [1.29, 1.82) is 0 Å². The Bertz CT molecular complexity index is 612. The van der Waals surface area contributed by atoms with Crippen molar-refractivity contribution in [2.24, 2.45) is 0 Å². The predicted octanol–water partition coefficient (Wildman–Crippen LogP) is 5.07. The van der Waals surface area contributed by atoms with E-state index in [0.717, 1.165) is 31.2 Å². The maximum atomic E-state index is 12.7. The molecule has 0 aliphatic heterocycles. The van der Waals surface area contributed by atoms with Crippen LogP contribution in [0.15, 0.2) is 42.5 Å². The van der Waals surface area contributed by atoms with E-state index >= 15 is 0 Å². The maximum Gasteiger partial charge on any atom is 0.333 e. The van der Waals surface area contributed by atoms with Crippen LogP contribution in [0.25, 0.3) is 0 Å². The Morgan fingerprint density at radius 3 is 2.27 bits per heavy atom. The van der Waals surface area contributed by atoms with Gasteiger partial charge < -0.3 is 9.47 Å². The van der Waals surface area contributed by atoms with Crippen LogP contribution in [0, 0.1) is 0 Å². The zero-order valence-corrected chi connectivity index (χ0v) is 16.0. The van der Waals surface area contributed by atoms with Crippen molar-refractivity contribution in [3.63, 3.8) is 0 Å². The molecule has 1 unspecified atom stereocenters. The summed E-state index contributed by atoms with van der Waals surface area (Å²) in [4.78, 5) is 24.4. The van der Waals surface area contributed by atoms with Gasteiger partial charge in [-0.1, -0.05) is 56.7 Å². The number of carbonyl (C=O) groups is 2. The molecule has 0 saturated heterocycles. The van der Waals surface area contributed by atoms with Crippen LogP contribution < -0.4 is 0 Å². The van der Waals surface area contributed by atoms with Gasteiger partial charge in [0.1, 0.15) is 11.7 Å². The molecular weight excluding hydrogens is 328 g/mol. The van der Waals surface area contributed by atoms with E-state index in [1.807, 2.05) is 37.3 Å². The second-order valence-corrected chi connectivity index (χ2v) is 7.17. The van der Waals surface area contributed by atoms with Crippen molar-refractivity contribution < 1.29 is 19.1 Å². The highest BCUT2D eigenvalue weighted by atomic mass is 16.6. The van der Waals surface area contributed by atoms with Gasteiger partial charge in [-0.05, 0) is 44.6 Å². The van der Waals surface area contributed by atoms with Crippen molar-refractivity contribution >= 4 is 11.9 Å². The van der Waals surface area contributed by atoms with Gasteiger partial charge in [0, 0.05) is 5.57 Å². The van der Waals surface area contributed by atoms with E-state index in [0.29, 0.717) is 12.0 Å². The molecule has 0 bridgehead atoms. The van der Waals surface area contributed by atoms with Gasteiger partial charge in [0.2, 0.25) is 0 Å². The molecule has 1 aromatic rings. The summed E-state index contributed by atoms with van der Waals surface area (Å²) in [6, 6.07) is 10.0. The lowest BCUT2D eigenvalue weighted by Crippen LogP contribution is -2.34. The SMILES string of the molecule is C=C(C)C(=O)OC(CC)CC(=O)OC1(c2ccccc2)CCCCCC1. The summed E-state index contributed by atoms with van der Waals surface area (Å²) in [5.74, 6) is -0.769. The Labute approximate surface area is 156 Å². The van der Waals surface area contributed by atoms with Crippen LogP contribution in [-0.4, -0.2) is 18.0 Å². The van der Waals surface area contributed by atoms with Gasteiger partial charge in [-0.15, -0.1) is 0 Å². The second kappa shape index (κ2) is 9.56. The Kier molecular flexibility index (Phi) is 7.43. The van der Waals surface area contributed by atoms with Crippen LogP contribution >= 0.6 is 0 Å². The predicted molar refractivity (Wildman–Crippen MR) is 102 cm³/mol. The van der Waals surface area contributed by atoms with E-state index in [9.17, 15) is 9.59 Å². The van der Waals surface area contributed by atoms with Gasteiger partial charge in [0.15, 0.2) is 0 Å². The van der Waals surface area contributed by atoms with E-state index < -0.39 is 17.7 Å². The molecule has 0 spiro atoms. The Morgan fingerprint density at radius 2 is 1.73 bits per heavy atom. The fraction of sp³-hybridized carbons (Fsp3) is 0.545. The molecule has 1 aromatic carbocycles. The molecule has 4 nitrogen and oxygen atoms in total. The quantitative estimate of drug-likeness (QED) is 0.388. The van der Waals surface area contributed by atoms with Crippen LogP contribution in [0.5, 0.6) is 0 Å². The number of hydrogen-bond acceptors (Lipinski definition) is 4. The van der Waals surface area contributed by atoms with Crippen LogP contribution in [0.2, 0.25) is 0 Å². The minimum Gasteiger partial charge on any atom is -0.458 e. The molecule has 0 heterocycles. The lowest BCUT2D eigenvalue weighted by atomic mass is 9.86. The molecule has 2 rings (SSSR count). The largest absolute Gasteiger partial charge is 0.458 e. The summed E-state index contributed by atoms with van der Waals surface area (Å²) in [7, 11) is 0. The van der Waals surface area contributed by atoms with Crippen molar-refractivity contribution in [1.82, 2.24) is 0 Å². The molecule has 0 aromatic heterocycles. The average Bonchev–Trinajstić information content (AvgIpc) is 2.88. The van der Waals surface area contributed by atoms with E-state index in [4.69, 9.17) is 9.47 Å². The molecule has 4 heteroatoms. The Balaban J connectivity index is 2.11. The summed E-state index contributed by atoms with van der Waals surface area (Å²) in [6.45, 7) is 7.08. The molecule has 142 valence electrons. The van der Waals surface area contributed by atoms with Gasteiger partial charge >= 0.3 is 11.9 Å². The fourth-order valence-corrected chi connectivity index (χ4v) is 3.46. The Morgan fingerprint density at radius 1 is 1.12 bits per heavy atom. The Hall–Kier alpha value is -2.10. The van der Waals surface area contributed by atoms with Gasteiger partial charge in [-0.25, -0.2) is 4.79 Å². The lowest BCUT2D eigenvalue weighted by molar-refractivity contribution is -0.167. The maximum absolute atomic E-state index is 12.7. The van der Waals surface area contributed by atoms with Crippen LogP contribution in [0.4, 0.5) is 0 Å².